The SMILES string of the molecule is CC1CCN(C(=O)CCNC(=O)C(C)(C)C)C1C(=O)O. The van der Waals surface area contributed by atoms with Crippen LogP contribution in [0.5, 0.6) is 0 Å². The van der Waals surface area contributed by atoms with Crippen LogP contribution in [0.3, 0.4) is 0 Å². The maximum Gasteiger partial charge on any atom is 0.326 e. The van der Waals surface area contributed by atoms with E-state index in [9.17, 15) is 14.4 Å². The molecule has 1 saturated heterocycles. The van der Waals surface area contributed by atoms with E-state index in [1.54, 1.807) is 20.8 Å². The lowest BCUT2D eigenvalue weighted by atomic mass is 9.96. The van der Waals surface area contributed by atoms with Crippen LogP contribution >= 0.6 is 0 Å². The van der Waals surface area contributed by atoms with Gasteiger partial charge in [0.2, 0.25) is 11.8 Å². The van der Waals surface area contributed by atoms with Gasteiger partial charge in [0.15, 0.2) is 0 Å². The first kappa shape index (κ1) is 16.5. The number of nitrogens with one attached hydrogen (secondary N) is 1. The molecule has 0 spiro atoms. The van der Waals surface area contributed by atoms with Crippen LogP contribution in [0.25, 0.3) is 0 Å². The summed E-state index contributed by atoms with van der Waals surface area (Å²) in [5, 5.41) is 11.9. The zero-order chi connectivity index (χ0) is 15.5. The van der Waals surface area contributed by atoms with Crippen molar-refractivity contribution in [2.45, 2.75) is 46.6 Å². The van der Waals surface area contributed by atoms with E-state index in [2.05, 4.69) is 5.32 Å². The smallest absolute Gasteiger partial charge is 0.326 e. The Kier molecular flexibility index (Phi) is 5.14. The van der Waals surface area contributed by atoms with E-state index >= 15 is 0 Å². The van der Waals surface area contributed by atoms with Gasteiger partial charge in [-0.25, -0.2) is 4.79 Å². The predicted octanol–water partition coefficient (Wildman–Crippen LogP) is 0.860. The van der Waals surface area contributed by atoms with Crippen molar-refractivity contribution in [2.24, 2.45) is 11.3 Å². The molecule has 0 aromatic heterocycles. The van der Waals surface area contributed by atoms with Crippen LogP contribution in [0, 0.1) is 11.3 Å². The monoisotopic (exact) mass is 284 g/mol. The number of rotatable bonds is 4. The molecule has 1 rings (SSSR count). The topological polar surface area (TPSA) is 86.7 Å². The molecule has 20 heavy (non-hydrogen) atoms. The number of carbonyl (C=O) groups is 3. The lowest BCUT2D eigenvalue weighted by molar-refractivity contribution is -0.149. The van der Waals surface area contributed by atoms with Crippen molar-refractivity contribution in [3.05, 3.63) is 0 Å². The van der Waals surface area contributed by atoms with Crippen LogP contribution in [-0.4, -0.2) is 46.9 Å². The fourth-order valence-corrected chi connectivity index (χ4v) is 2.30. The molecular weight excluding hydrogens is 260 g/mol. The first-order chi connectivity index (χ1) is 9.14. The van der Waals surface area contributed by atoms with Crippen LogP contribution in [-0.2, 0) is 14.4 Å². The summed E-state index contributed by atoms with van der Waals surface area (Å²) in [6, 6.07) is -0.735. The molecule has 2 N–H and O–H groups in total. The summed E-state index contributed by atoms with van der Waals surface area (Å²) in [7, 11) is 0. The molecule has 0 radical (unpaired) electrons. The van der Waals surface area contributed by atoms with Crippen molar-refractivity contribution >= 4 is 17.8 Å². The molecule has 2 amide bonds. The highest BCUT2D eigenvalue weighted by Gasteiger charge is 2.39. The van der Waals surface area contributed by atoms with Gasteiger partial charge >= 0.3 is 5.97 Å². The number of likely N-dealkylation sites (tertiary alicyclic amines) is 1. The van der Waals surface area contributed by atoms with Gasteiger partial charge in [-0.15, -0.1) is 0 Å². The van der Waals surface area contributed by atoms with Crippen LogP contribution in [0.1, 0.15) is 40.5 Å². The number of carbonyl (C=O) groups excluding carboxylic acids is 2. The zero-order valence-corrected chi connectivity index (χ0v) is 12.6. The Morgan fingerprint density at radius 2 is 1.90 bits per heavy atom. The van der Waals surface area contributed by atoms with E-state index in [-0.39, 0.29) is 30.7 Å². The van der Waals surface area contributed by atoms with E-state index in [0.717, 1.165) is 0 Å². The summed E-state index contributed by atoms with van der Waals surface area (Å²) in [6.45, 7) is 7.95. The lowest BCUT2D eigenvalue weighted by Crippen LogP contribution is -2.44. The fraction of sp³-hybridized carbons (Fsp3) is 0.786. The first-order valence-electron chi connectivity index (χ1n) is 6.95. The van der Waals surface area contributed by atoms with Gasteiger partial charge in [-0.1, -0.05) is 27.7 Å². The summed E-state index contributed by atoms with van der Waals surface area (Å²) in [4.78, 5) is 36.3. The molecule has 6 nitrogen and oxygen atoms in total. The summed E-state index contributed by atoms with van der Waals surface area (Å²) in [5.41, 5.74) is -0.491. The Balaban J connectivity index is 2.47. The van der Waals surface area contributed by atoms with Gasteiger partial charge in [0.05, 0.1) is 0 Å². The van der Waals surface area contributed by atoms with E-state index in [0.29, 0.717) is 13.0 Å². The molecule has 114 valence electrons. The van der Waals surface area contributed by atoms with Crippen LogP contribution in [0.15, 0.2) is 0 Å². The van der Waals surface area contributed by atoms with Gasteiger partial charge < -0.3 is 15.3 Å². The zero-order valence-electron chi connectivity index (χ0n) is 12.6. The summed E-state index contributed by atoms with van der Waals surface area (Å²) < 4.78 is 0. The Morgan fingerprint density at radius 3 is 2.40 bits per heavy atom. The maximum absolute atomic E-state index is 12.0. The predicted molar refractivity (Wildman–Crippen MR) is 74.0 cm³/mol. The molecule has 6 heteroatoms. The average molecular weight is 284 g/mol. The number of carboxylic acid groups (broad SMARTS) is 1. The second kappa shape index (κ2) is 6.24. The van der Waals surface area contributed by atoms with Crippen molar-refractivity contribution in [3.8, 4) is 0 Å². The second-order valence-electron chi connectivity index (χ2n) is 6.39. The van der Waals surface area contributed by atoms with E-state index in [1.807, 2.05) is 6.92 Å². The number of amides is 2. The molecule has 0 bridgehead atoms. The van der Waals surface area contributed by atoms with Crippen molar-refractivity contribution in [1.29, 1.82) is 0 Å². The Hall–Kier alpha value is -1.59. The van der Waals surface area contributed by atoms with E-state index in [1.165, 1.54) is 4.90 Å². The van der Waals surface area contributed by atoms with Crippen LogP contribution in [0.4, 0.5) is 0 Å². The third-order valence-corrected chi connectivity index (χ3v) is 3.58. The van der Waals surface area contributed by atoms with Crippen LogP contribution < -0.4 is 5.32 Å². The normalized spacial score (nSPS) is 22.7. The Bertz CT molecular complexity index is 400. The number of aliphatic carboxylic acids is 1. The van der Waals surface area contributed by atoms with Crippen molar-refractivity contribution in [3.63, 3.8) is 0 Å². The molecule has 1 fully saturated rings. The first-order valence-corrected chi connectivity index (χ1v) is 6.95. The van der Waals surface area contributed by atoms with Gasteiger partial charge in [-0.2, -0.15) is 0 Å². The van der Waals surface area contributed by atoms with Gasteiger partial charge in [-0.3, -0.25) is 9.59 Å². The Labute approximate surface area is 119 Å². The molecule has 0 aliphatic carbocycles. The average Bonchev–Trinajstić information content (AvgIpc) is 2.69. The summed E-state index contributed by atoms with van der Waals surface area (Å²) >= 11 is 0. The maximum atomic E-state index is 12.0. The molecule has 0 aromatic carbocycles. The highest BCUT2D eigenvalue weighted by Crippen LogP contribution is 2.24. The summed E-state index contributed by atoms with van der Waals surface area (Å²) in [5.74, 6) is -1.31. The number of hydrogen-bond donors (Lipinski definition) is 2. The Morgan fingerprint density at radius 1 is 1.30 bits per heavy atom. The van der Waals surface area contributed by atoms with Crippen LogP contribution in [0.2, 0.25) is 0 Å². The quantitative estimate of drug-likeness (QED) is 0.801. The van der Waals surface area contributed by atoms with Crippen molar-refractivity contribution in [2.75, 3.05) is 13.1 Å². The minimum absolute atomic E-state index is 0.0272. The van der Waals surface area contributed by atoms with Gasteiger partial charge in [-0.05, 0) is 12.3 Å². The largest absolute Gasteiger partial charge is 0.480 e. The number of carboxylic acids is 1. The third-order valence-electron chi connectivity index (χ3n) is 3.58. The molecule has 1 aliphatic heterocycles. The molecule has 1 heterocycles. The molecule has 2 unspecified atom stereocenters. The second-order valence-corrected chi connectivity index (χ2v) is 6.39. The molecule has 2 atom stereocenters. The van der Waals surface area contributed by atoms with Gasteiger partial charge in [0.25, 0.3) is 0 Å². The fourth-order valence-electron chi connectivity index (χ4n) is 2.30. The van der Waals surface area contributed by atoms with Crippen molar-refractivity contribution in [1.82, 2.24) is 10.2 Å². The highest BCUT2D eigenvalue weighted by atomic mass is 16.4. The number of nitrogens with zero attached hydrogens (tertiary/aromatic N) is 1. The standard InChI is InChI=1S/C14H24N2O4/c1-9-6-8-16(11(9)12(18)19)10(17)5-7-15-13(20)14(2,3)4/h9,11H,5-8H2,1-4H3,(H,15,20)(H,18,19). The van der Waals surface area contributed by atoms with Gasteiger partial charge in [0.1, 0.15) is 6.04 Å². The lowest BCUT2D eigenvalue weighted by Gasteiger charge is -2.24. The van der Waals surface area contributed by atoms with Gasteiger partial charge in [0, 0.05) is 24.9 Å². The molecule has 0 saturated carbocycles. The third kappa shape index (κ3) is 3.95. The van der Waals surface area contributed by atoms with E-state index in [4.69, 9.17) is 5.11 Å². The molecular formula is C14H24N2O4. The van der Waals surface area contributed by atoms with Crippen molar-refractivity contribution < 1.29 is 19.5 Å². The minimum atomic E-state index is -0.956. The highest BCUT2D eigenvalue weighted by molar-refractivity contribution is 5.85. The number of hydrogen-bond acceptors (Lipinski definition) is 3. The van der Waals surface area contributed by atoms with E-state index < -0.39 is 17.4 Å². The molecule has 0 aromatic rings. The summed E-state index contributed by atoms with van der Waals surface area (Å²) in [6.07, 6.45) is 0.843. The molecule has 1 aliphatic rings. The minimum Gasteiger partial charge on any atom is -0.480 e.